The molecule has 0 fully saturated rings. The Morgan fingerprint density at radius 1 is 1.24 bits per heavy atom. The standard InChI is InChI=1S/C11H5Br2FN2S/c12-5-3-7-8(4-6(5)14)16-11(15-7)9-1-2-10(13)17-9/h1-4H,(H,15,16). The molecule has 0 radical (unpaired) electrons. The lowest BCUT2D eigenvalue weighted by Crippen LogP contribution is -1.77. The molecule has 3 aromatic rings. The minimum atomic E-state index is -0.292. The number of aromatic amines is 1. The third-order valence-electron chi connectivity index (χ3n) is 2.33. The topological polar surface area (TPSA) is 28.7 Å². The summed E-state index contributed by atoms with van der Waals surface area (Å²) in [6, 6.07) is 7.05. The van der Waals surface area contributed by atoms with E-state index in [1.54, 1.807) is 17.4 Å². The van der Waals surface area contributed by atoms with E-state index in [1.165, 1.54) is 6.07 Å². The van der Waals surface area contributed by atoms with Crippen molar-refractivity contribution in [3.63, 3.8) is 0 Å². The van der Waals surface area contributed by atoms with Gasteiger partial charge in [0.05, 0.1) is 24.2 Å². The van der Waals surface area contributed by atoms with Crippen molar-refractivity contribution in [2.24, 2.45) is 0 Å². The van der Waals surface area contributed by atoms with Gasteiger partial charge in [-0.3, -0.25) is 0 Å². The first-order chi connectivity index (χ1) is 8.13. The maximum Gasteiger partial charge on any atom is 0.148 e. The minimum absolute atomic E-state index is 0.292. The van der Waals surface area contributed by atoms with Crippen molar-refractivity contribution in [2.75, 3.05) is 0 Å². The molecular weight excluding hydrogens is 371 g/mol. The number of aromatic nitrogens is 2. The van der Waals surface area contributed by atoms with E-state index in [1.807, 2.05) is 12.1 Å². The quantitative estimate of drug-likeness (QED) is 0.640. The average molecular weight is 376 g/mol. The molecule has 0 unspecified atom stereocenters. The van der Waals surface area contributed by atoms with Crippen LogP contribution >= 0.6 is 43.2 Å². The number of thiophene rings is 1. The summed E-state index contributed by atoms with van der Waals surface area (Å²) < 4.78 is 14.8. The van der Waals surface area contributed by atoms with Crippen LogP contribution in [-0.4, -0.2) is 9.97 Å². The maximum absolute atomic E-state index is 13.4. The molecule has 6 heteroatoms. The lowest BCUT2D eigenvalue weighted by molar-refractivity contribution is 0.623. The van der Waals surface area contributed by atoms with Crippen molar-refractivity contribution in [3.8, 4) is 10.7 Å². The van der Waals surface area contributed by atoms with Crippen LogP contribution in [0.25, 0.3) is 21.7 Å². The van der Waals surface area contributed by atoms with E-state index in [0.717, 1.165) is 20.0 Å². The van der Waals surface area contributed by atoms with E-state index in [0.29, 0.717) is 9.99 Å². The predicted molar refractivity (Wildman–Crippen MR) is 74.8 cm³/mol. The monoisotopic (exact) mass is 374 g/mol. The summed E-state index contributed by atoms with van der Waals surface area (Å²) in [4.78, 5) is 8.56. The SMILES string of the molecule is Fc1cc2[nH]c(-c3ccc(Br)s3)nc2cc1Br. The van der Waals surface area contributed by atoms with E-state index in [4.69, 9.17) is 0 Å². The fourth-order valence-electron chi connectivity index (χ4n) is 1.56. The molecule has 0 aliphatic carbocycles. The molecule has 2 aromatic heterocycles. The van der Waals surface area contributed by atoms with Crippen LogP contribution in [0.3, 0.4) is 0 Å². The minimum Gasteiger partial charge on any atom is -0.337 e. The van der Waals surface area contributed by atoms with Crippen molar-refractivity contribution >= 4 is 54.2 Å². The maximum atomic E-state index is 13.4. The molecule has 0 spiro atoms. The number of nitrogens with zero attached hydrogens (tertiary/aromatic N) is 1. The number of halogens is 3. The summed E-state index contributed by atoms with van der Waals surface area (Å²) >= 11 is 8.14. The zero-order valence-corrected chi connectivity index (χ0v) is 12.3. The van der Waals surface area contributed by atoms with Gasteiger partial charge in [-0.05, 0) is 50.1 Å². The van der Waals surface area contributed by atoms with Crippen molar-refractivity contribution in [3.05, 3.63) is 38.3 Å². The molecule has 17 heavy (non-hydrogen) atoms. The number of fused-ring (bicyclic) bond motifs is 1. The second kappa shape index (κ2) is 4.19. The van der Waals surface area contributed by atoms with Crippen LogP contribution < -0.4 is 0 Å². The van der Waals surface area contributed by atoms with Crippen LogP contribution in [0, 0.1) is 5.82 Å². The number of rotatable bonds is 1. The summed E-state index contributed by atoms with van der Waals surface area (Å²) in [5.74, 6) is 0.466. The summed E-state index contributed by atoms with van der Waals surface area (Å²) in [5.41, 5.74) is 1.45. The molecule has 2 heterocycles. The lowest BCUT2D eigenvalue weighted by atomic mass is 10.3. The molecule has 0 aliphatic rings. The van der Waals surface area contributed by atoms with Crippen LogP contribution in [0.5, 0.6) is 0 Å². The third kappa shape index (κ3) is 2.05. The number of hydrogen-bond acceptors (Lipinski definition) is 2. The van der Waals surface area contributed by atoms with Crippen molar-refractivity contribution in [2.45, 2.75) is 0 Å². The highest BCUT2D eigenvalue weighted by Crippen LogP contribution is 2.31. The van der Waals surface area contributed by atoms with Gasteiger partial charge in [0, 0.05) is 6.07 Å². The summed E-state index contributed by atoms with van der Waals surface area (Å²) in [7, 11) is 0. The summed E-state index contributed by atoms with van der Waals surface area (Å²) in [6.07, 6.45) is 0. The number of hydrogen-bond donors (Lipinski definition) is 1. The molecule has 1 aromatic carbocycles. The Labute approximate surface area is 117 Å². The highest BCUT2D eigenvalue weighted by atomic mass is 79.9. The fourth-order valence-corrected chi connectivity index (χ4v) is 3.23. The van der Waals surface area contributed by atoms with Gasteiger partial charge in [-0.15, -0.1) is 11.3 Å². The second-order valence-corrected chi connectivity index (χ2v) is 6.79. The van der Waals surface area contributed by atoms with Gasteiger partial charge in [0.15, 0.2) is 0 Å². The predicted octanol–water partition coefficient (Wildman–Crippen LogP) is 4.96. The van der Waals surface area contributed by atoms with Crippen LogP contribution in [0.4, 0.5) is 4.39 Å². The van der Waals surface area contributed by atoms with Crippen LogP contribution in [0.1, 0.15) is 0 Å². The number of nitrogens with one attached hydrogen (secondary N) is 1. The van der Waals surface area contributed by atoms with Gasteiger partial charge in [0.25, 0.3) is 0 Å². The van der Waals surface area contributed by atoms with Gasteiger partial charge < -0.3 is 4.98 Å². The van der Waals surface area contributed by atoms with E-state index in [-0.39, 0.29) is 5.82 Å². The van der Waals surface area contributed by atoms with Gasteiger partial charge >= 0.3 is 0 Å². The number of imidazole rings is 1. The highest BCUT2D eigenvalue weighted by molar-refractivity contribution is 9.11. The number of benzene rings is 1. The fraction of sp³-hybridized carbons (Fsp3) is 0. The van der Waals surface area contributed by atoms with E-state index < -0.39 is 0 Å². The van der Waals surface area contributed by atoms with E-state index >= 15 is 0 Å². The largest absolute Gasteiger partial charge is 0.337 e. The van der Waals surface area contributed by atoms with E-state index in [9.17, 15) is 4.39 Å². The Bertz CT molecular complexity index is 666. The Hall–Kier alpha value is -0.720. The van der Waals surface area contributed by atoms with Gasteiger partial charge in [-0.2, -0.15) is 0 Å². The van der Waals surface area contributed by atoms with Crippen LogP contribution in [-0.2, 0) is 0 Å². The molecule has 3 rings (SSSR count). The Morgan fingerprint density at radius 2 is 2.06 bits per heavy atom. The Morgan fingerprint density at radius 3 is 2.76 bits per heavy atom. The van der Waals surface area contributed by atoms with Crippen molar-refractivity contribution in [1.82, 2.24) is 9.97 Å². The second-order valence-electron chi connectivity index (χ2n) is 3.47. The zero-order chi connectivity index (χ0) is 12.0. The van der Waals surface area contributed by atoms with E-state index in [2.05, 4.69) is 41.8 Å². The molecule has 0 saturated heterocycles. The molecule has 86 valence electrons. The molecule has 0 aliphatic heterocycles. The molecule has 0 saturated carbocycles. The molecule has 0 amide bonds. The molecule has 0 bridgehead atoms. The molecule has 0 atom stereocenters. The van der Waals surface area contributed by atoms with Gasteiger partial charge in [0.1, 0.15) is 11.6 Å². The first-order valence-electron chi connectivity index (χ1n) is 4.74. The first-order valence-corrected chi connectivity index (χ1v) is 7.14. The average Bonchev–Trinajstić information content (AvgIpc) is 2.85. The highest BCUT2D eigenvalue weighted by Gasteiger charge is 2.10. The normalized spacial score (nSPS) is 11.2. The van der Waals surface area contributed by atoms with Gasteiger partial charge in [0.2, 0.25) is 0 Å². The summed E-state index contributed by atoms with van der Waals surface area (Å²) in [5, 5.41) is 0. The lowest BCUT2D eigenvalue weighted by Gasteiger charge is -1.92. The number of H-pyrrole nitrogens is 1. The molecular formula is C11H5Br2FN2S. The van der Waals surface area contributed by atoms with Gasteiger partial charge in [-0.1, -0.05) is 0 Å². The first kappa shape index (κ1) is 11.4. The van der Waals surface area contributed by atoms with Crippen LogP contribution in [0.15, 0.2) is 32.5 Å². The summed E-state index contributed by atoms with van der Waals surface area (Å²) in [6.45, 7) is 0. The third-order valence-corrected chi connectivity index (χ3v) is 4.57. The van der Waals surface area contributed by atoms with Crippen molar-refractivity contribution in [1.29, 1.82) is 0 Å². The zero-order valence-electron chi connectivity index (χ0n) is 8.30. The Balaban J connectivity index is 2.19. The van der Waals surface area contributed by atoms with Crippen LogP contribution in [0.2, 0.25) is 0 Å². The molecule has 1 N–H and O–H groups in total. The van der Waals surface area contributed by atoms with Crippen molar-refractivity contribution < 1.29 is 4.39 Å². The Kier molecular flexibility index (Phi) is 2.80. The van der Waals surface area contributed by atoms with Gasteiger partial charge in [-0.25, -0.2) is 9.37 Å². The molecule has 2 nitrogen and oxygen atoms in total. The smallest absolute Gasteiger partial charge is 0.148 e.